The van der Waals surface area contributed by atoms with Gasteiger partial charge in [0.05, 0.1) is 0 Å². The average Bonchev–Trinajstić information content (AvgIpc) is 2.68. The van der Waals surface area contributed by atoms with Crippen molar-refractivity contribution in [2.24, 2.45) is 0 Å². The molecule has 0 unspecified atom stereocenters. The topological polar surface area (TPSA) is 74.6 Å². The molecule has 4 nitrogen and oxygen atoms in total. The zero-order valence-corrected chi connectivity index (χ0v) is 15.1. The summed E-state index contributed by atoms with van der Waals surface area (Å²) in [5.41, 5.74) is 2.68. The van der Waals surface area contributed by atoms with E-state index >= 15 is 0 Å². The summed E-state index contributed by atoms with van der Waals surface area (Å²) in [4.78, 5) is 21.3. The van der Waals surface area contributed by atoms with Crippen LogP contribution in [0.15, 0.2) is 96.6 Å². The second-order valence-electron chi connectivity index (χ2n) is 5.47. The summed E-state index contributed by atoms with van der Waals surface area (Å²) in [6, 6.07) is 19.3. The Morgan fingerprint density at radius 3 is 1.78 bits per heavy atom. The predicted octanol–water partition coefficient (Wildman–Crippen LogP) is 5.07. The molecule has 2 aromatic rings. The van der Waals surface area contributed by atoms with E-state index < -0.39 is 11.9 Å². The van der Waals surface area contributed by atoms with Crippen LogP contribution in [0.25, 0.3) is 12.2 Å². The third kappa shape index (κ3) is 9.41. The maximum atomic E-state index is 10.8. The summed E-state index contributed by atoms with van der Waals surface area (Å²) in [5.74, 6) is -2.12. The van der Waals surface area contributed by atoms with E-state index in [-0.39, 0.29) is 5.57 Å². The van der Waals surface area contributed by atoms with E-state index in [0.29, 0.717) is 5.57 Å². The van der Waals surface area contributed by atoms with E-state index in [1.54, 1.807) is 6.08 Å². The molecule has 2 rings (SSSR count). The lowest BCUT2D eigenvalue weighted by Gasteiger charge is -1.98. The highest BCUT2D eigenvalue weighted by Gasteiger charge is 2.01. The molecule has 4 heteroatoms. The molecular weight excluding hydrogens is 340 g/mol. The maximum absolute atomic E-state index is 10.8. The largest absolute Gasteiger partial charge is 0.478 e. The summed E-state index contributed by atoms with van der Waals surface area (Å²) in [7, 11) is 0. The van der Waals surface area contributed by atoms with Gasteiger partial charge >= 0.3 is 11.9 Å². The van der Waals surface area contributed by atoms with Gasteiger partial charge in [0.25, 0.3) is 0 Å². The van der Waals surface area contributed by atoms with Crippen LogP contribution in [0.1, 0.15) is 18.1 Å². The fraction of sp³-hybridized carbons (Fsp3) is 0.0435. The summed E-state index contributed by atoms with van der Waals surface area (Å²) in [6.07, 6.45) is 7.31. The van der Waals surface area contributed by atoms with Crippen molar-refractivity contribution in [2.75, 3.05) is 0 Å². The molecule has 0 amide bonds. The summed E-state index contributed by atoms with van der Waals surface area (Å²) in [6.45, 7) is 5.09. The van der Waals surface area contributed by atoms with Crippen molar-refractivity contribution in [1.82, 2.24) is 0 Å². The van der Waals surface area contributed by atoms with Gasteiger partial charge in [-0.1, -0.05) is 73.3 Å². The zero-order valence-electron chi connectivity index (χ0n) is 15.1. The quantitative estimate of drug-likeness (QED) is 0.556. The highest BCUT2D eigenvalue weighted by Crippen LogP contribution is 2.11. The third-order valence-corrected chi connectivity index (χ3v) is 3.31. The van der Waals surface area contributed by atoms with Crippen LogP contribution < -0.4 is 0 Å². The summed E-state index contributed by atoms with van der Waals surface area (Å²) >= 11 is 0. The minimum atomic E-state index is -1.08. The van der Waals surface area contributed by atoms with Gasteiger partial charge in [0, 0.05) is 11.6 Å². The molecular formula is C23H22O4. The van der Waals surface area contributed by atoms with Crippen LogP contribution in [-0.2, 0) is 9.59 Å². The third-order valence-electron chi connectivity index (χ3n) is 3.31. The van der Waals surface area contributed by atoms with Crippen molar-refractivity contribution in [2.45, 2.75) is 6.92 Å². The average molecular weight is 362 g/mol. The van der Waals surface area contributed by atoms with E-state index in [9.17, 15) is 9.59 Å². The second kappa shape index (κ2) is 11.8. The van der Waals surface area contributed by atoms with Crippen LogP contribution in [0.2, 0.25) is 0 Å². The Kier molecular flexibility index (Phi) is 9.36. The van der Waals surface area contributed by atoms with Crippen molar-refractivity contribution < 1.29 is 19.8 Å². The number of rotatable bonds is 6. The summed E-state index contributed by atoms with van der Waals surface area (Å²) < 4.78 is 0. The molecule has 0 aliphatic rings. The molecule has 27 heavy (non-hydrogen) atoms. The molecule has 0 fully saturated rings. The van der Waals surface area contributed by atoms with Crippen molar-refractivity contribution in [3.63, 3.8) is 0 Å². The van der Waals surface area contributed by atoms with Gasteiger partial charge in [-0.3, -0.25) is 0 Å². The molecule has 138 valence electrons. The number of allylic oxidation sites excluding steroid dienone is 3. The van der Waals surface area contributed by atoms with Gasteiger partial charge in [-0.15, -0.1) is 0 Å². The van der Waals surface area contributed by atoms with Gasteiger partial charge < -0.3 is 10.2 Å². The molecule has 0 aliphatic heterocycles. The molecule has 0 bridgehead atoms. The standard InChI is InChI=1S/C15H14O4.C8H8/c1-11(15(18)19)9-13(7-8-14(16)17)10-12-5-3-2-4-6-12;1-2-8-6-4-3-5-7-8/h2-10H,1H3,(H,16,17)(H,18,19);2-7H,1H2. The fourth-order valence-electron chi connectivity index (χ4n) is 1.95. The number of hydrogen-bond donors (Lipinski definition) is 2. The minimum absolute atomic E-state index is 0.136. The van der Waals surface area contributed by atoms with Gasteiger partial charge in [0.2, 0.25) is 0 Å². The number of carboxylic acid groups (broad SMARTS) is 2. The Labute approximate surface area is 159 Å². The lowest BCUT2D eigenvalue weighted by atomic mass is 10.1. The first-order chi connectivity index (χ1) is 12.9. The fourth-order valence-corrected chi connectivity index (χ4v) is 1.95. The first-order valence-corrected chi connectivity index (χ1v) is 8.19. The molecule has 0 radical (unpaired) electrons. The highest BCUT2D eigenvalue weighted by atomic mass is 16.4. The second-order valence-corrected chi connectivity index (χ2v) is 5.47. The van der Waals surface area contributed by atoms with Crippen LogP contribution >= 0.6 is 0 Å². The molecule has 0 saturated heterocycles. The number of carbonyl (C=O) groups is 2. The number of hydrogen-bond acceptors (Lipinski definition) is 2. The monoisotopic (exact) mass is 362 g/mol. The van der Waals surface area contributed by atoms with Crippen molar-refractivity contribution in [3.8, 4) is 0 Å². The normalized spacial score (nSPS) is 11.4. The van der Waals surface area contributed by atoms with Gasteiger partial charge in [0.1, 0.15) is 0 Å². The van der Waals surface area contributed by atoms with Crippen LogP contribution in [0.5, 0.6) is 0 Å². The van der Waals surface area contributed by atoms with E-state index in [1.807, 2.05) is 66.7 Å². The lowest BCUT2D eigenvalue weighted by Crippen LogP contribution is -1.96. The zero-order chi connectivity index (χ0) is 20.1. The molecule has 0 saturated carbocycles. The van der Waals surface area contributed by atoms with Gasteiger partial charge in [-0.05, 0) is 41.9 Å². The SMILES string of the molecule is C=Cc1ccccc1.CC(=CC(C=CC(=O)O)=Cc1ccccc1)C(=O)O. The van der Waals surface area contributed by atoms with Gasteiger partial charge in [-0.2, -0.15) is 0 Å². The smallest absolute Gasteiger partial charge is 0.331 e. The van der Waals surface area contributed by atoms with E-state index in [1.165, 1.54) is 24.6 Å². The molecule has 0 heterocycles. The molecule has 0 atom stereocenters. The summed E-state index contributed by atoms with van der Waals surface area (Å²) in [5, 5.41) is 17.5. The molecule has 0 aromatic heterocycles. The Hall–Kier alpha value is -3.66. The maximum Gasteiger partial charge on any atom is 0.331 e. The Morgan fingerprint density at radius 1 is 0.852 bits per heavy atom. The minimum Gasteiger partial charge on any atom is -0.478 e. The van der Waals surface area contributed by atoms with Crippen LogP contribution in [0.4, 0.5) is 0 Å². The van der Waals surface area contributed by atoms with Gasteiger partial charge in [-0.25, -0.2) is 9.59 Å². The number of carboxylic acids is 2. The molecule has 2 N–H and O–H groups in total. The van der Waals surface area contributed by atoms with E-state index in [4.69, 9.17) is 10.2 Å². The molecule has 0 spiro atoms. The molecule has 2 aromatic carbocycles. The number of aliphatic carboxylic acids is 2. The lowest BCUT2D eigenvalue weighted by molar-refractivity contribution is -0.133. The predicted molar refractivity (Wildman–Crippen MR) is 109 cm³/mol. The Bertz CT molecular complexity index is 844. The first kappa shape index (κ1) is 21.4. The number of benzene rings is 2. The van der Waals surface area contributed by atoms with Crippen molar-refractivity contribution >= 4 is 24.1 Å². The van der Waals surface area contributed by atoms with Crippen LogP contribution in [0, 0.1) is 0 Å². The van der Waals surface area contributed by atoms with E-state index in [0.717, 1.165) is 11.6 Å². The van der Waals surface area contributed by atoms with E-state index in [2.05, 4.69) is 6.58 Å². The van der Waals surface area contributed by atoms with Crippen molar-refractivity contribution in [3.05, 3.63) is 108 Å². The molecule has 0 aliphatic carbocycles. The first-order valence-electron chi connectivity index (χ1n) is 8.19. The Balaban J connectivity index is 0.000000377. The van der Waals surface area contributed by atoms with Gasteiger partial charge in [0.15, 0.2) is 0 Å². The highest BCUT2D eigenvalue weighted by molar-refractivity contribution is 5.87. The Morgan fingerprint density at radius 2 is 1.37 bits per heavy atom. The van der Waals surface area contributed by atoms with Crippen LogP contribution in [0.3, 0.4) is 0 Å². The van der Waals surface area contributed by atoms with Crippen molar-refractivity contribution in [1.29, 1.82) is 0 Å². The van der Waals surface area contributed by atoms with Crippen LogP contribution in [-0.4, -0.2) is 22.2 Å².